The van der Waals surface area contributed by atoms with E-state index in [1.54, 1.807) is 30.5 Å². The first kappa shape index (κ1) is 18.9. The second kappa shape index (κ2) is 7.39. The van der Waals surface area contributed by atoms with Gasteiger partial charge in [0, 0.05) is 34.2 Å². The first-order chi connectivity index (χ1) is 12.3. The smallest absolute Gasteiger partial charge is 0.423 e. The van der Waals surface area contributed by atoms with Crippen molar-refractivity contribution in [3.05, 3.63) is 47.5 Å². The van der Waals surface area contributed by atoms with Crippen molar-refractivity contribution >= 4 is 44.8 Å². The van der Waals surface area contributed by atoms with Crippen molar-refractivity contribution in [2.75, 3.05) is 22.5 Å². The number of fused-ring (bicyclic) bond motifs is 1. The van der Waals surface area contributed by atoms with E-state index in [-0.39, 0.29) is 4.90 Å². The largest absolute Gasteiger partial charge is 0.491 e. The van der Waals surface area contributed by atoms with Gasteiger partial charge < -0.3 is 15.4 Å². The van der Waals surface area contributed by atoms with Crippen LogP contribution >= 0.6 is 0 Å². The molecule has 0 saturated heterocycles. The van der Waals surface area contributed by atoms with Crippen molar-refractivity contribution in [1.29, 1.82) is 0 Å². The minimum absolute atomic E-state index is 0.0921. The first-order valence-corrected chi connectivity index (χ1v) is 11.1. The zero-order chi connectivity index (χ0) is 18.9. The number of rotatable bonds is 6. The summed E-state index contributed by atoms with van der Waals surface area (Å²) >= 11 is 0. The Kier molecular flexibility index (Phi) is 5.38. The van der Waals surface area contributed by atoms with Crippen LogP contribution in [0, 0.1) is 0 Å². The van der Waals surface area contributed by atoms with E-state index in [4.69, 9.17) is 10.4 Å². The van der Waals surface area contributed by atoms with Crippen LogP contribution in [-0.2, 0) is 38.5 Å². The lowest BCUT2D eigenvalue weighted by Gasteiger charge is -2.13. The molecule has 1 aliphatic rings. The van der Waals surface area contributed by atoms with Crippen LogP contribution in [0.3, 0.4) is 0 Å². The summed E-state index contributed by atoms with van der Waals surface area (Å²) in [5.41, 5.74) is 8.42. The second-order valence-electron chi connectivity index (χ2n) is 6.08. The average molecular weight is 394 g/mol. The van der Waals surface area contributed by atoms with Crippen molar-refractivity contribution < 1.29 is 22.3 Å². The predicted molar refractivity (Wildman–Crippen MR) is 103 cm³/mol. The van der Waals surface area contributed by atoms with Gasteiger partial charge in [-0.15, -0.1) is 0 Å². The zero-order valence-electron chi connectivity index (χ0n) is 14.1. The van der Waals surface area contributed by atoms with Crippen LogP contribution in [0.2, 0.25) is 0 Å². The Hall–Kier alpha value is -1.88. The number of anilines is 2. The van der Waals surface area contributed by atoms with Gasteiger partial charge in [-0.05, 0) is 53.3 Å². The fraction of sp³-hybridized carbons (Fsp3) is 0.250. The Labute approximate surface area is 155 Å². The molecule has 0 fully saturated rings. The molecule has 2 aromatic carbocycles. The minimum Gasteiger partial charge on any atom is -0.423 e. The molecule has 0 bridgehead atoms. The monoisotopic (exact) mass is 394 g/mol. The second-order valence-corrected chi connectivity index (χ2v) is 9.28. The van der Waals surface area contributed by atoms with E-state index in [1.165, 1.54) is 12.1 Å². The highest BCUT2D eigenvalue weighted by molar-refractivity contribution is 7.92. The Bertz CT molecular complexity index is 965. The molecule has 1 heterocycles. The normalized spacial score (nSPS) is 14.9. The van der Waals surface area contributed by atoms with E-state index in [2.05, 4.69) is 4.72 Å². The molecule has 2 aromatic rings. The lowest BCUT2D eigenvalue weighted by atomic mass is 9.79. The molecule has 0 aliphatic carbocycles. The van der Waals surface area contributed by atoms with E-state index in [9.17, 15) is 17.7 Å². The molecule has 4 N–H and O–H groups in total. The number of nitrogens with one attached hydrogen (secondary N) is 1. The van der Waals surface area contributed by atoms with Gasteiger partial charge in [0.1, 0.15) is 0 Å². The van der Waals surface area contributed by atoms with Crippen molar-refractivity contribution in [1.82, 2.24) is 0 Å². The van der Waals surface area contributed by atoms with Gasteiger partial charge in [0.15, 0.2) is 0 Å². The van der Waals surface area contributed by atoms with Gasteiger partial charge >= 0.3 is 7.12 Å². The van der Waals surface area contributed by atoms with Gasteiger partial charge in [-0.25, -0.2) is 8.42 Å². The van der Waals surface area contributed by atoms with Crippen molar-refractivity contribution in [3.8, 4) is 0 Å². The number of hydrogen-bond donors (Lipinski definition) is 3. The van der Waals surface area contributed by atoms with E-state index < -0.39 is 27.9 Å². The number of hydrogen-bond acceptors (Lipinski definition) is 6. The third-order valence-electron chi connectivity index (χ3n) is 4.09. The van der Waals surface area contributed by atoms with E-state index >= 15 is 0 Å². The van der Waals surface area contributed by atoms with Gasteiger partial charge in [0.25, 0.3) is 10.0 Å². The number of sulfonamides is 1. The maximum Gasteiger partial charge on any atom is 0.491 e. The molecular formula is C16H19BN2O5S2. The molecular weight excluding hydrogens is 375 g/mol. The molecule has 0 aromatic heterocycles. The number of benzene rings is 2. The standard InChI is InChI=1S/C16H19BN2O5S2/c1-25(21)7-6-11-8-13(18)3-5-16(11)26(22,23)19-14-4-2-12-10-24-17(20)15(12)9-14/h2-5,8-9,19-20H,6-7,10,18H2,1H3. The Balaban J connectivity index is 1.91. The predicted octanol–water partition coefficient (Wildman–Crippen LogP) is 0.208. The summed E-state index contributed by atoms with van der Waals surface area (Å²) in [5, 5.41) is 9.78. The number of nitrogen functional groups attached to an aromatic ring is 1. The first-order valence-electron chi connectivity index (χ1n) is 7.90. The van der Waals surface area contributed by atoms with Gasteiger partial charge in [0.05, 0.1) is 11.5 Å². The summed E-state index contributed by atoms with van der Waals surface area (Å²) < 4.78 is 44.7. The van der Waals surface area contributed by atoms with Gasteiger partial charge in [-0.2, -0.15) is 0 Å². The number of aryl methyl sites for hydroxylation is 1. The SMILES string of the molecule is CS(=O)CCc1cc(N)ccc1S(=O)(=O)Nc1ccc2c(c1)B(O)OC2. The Morgan fingerprint density at radius 1 is 1.31 bits per heavy atom. The summed E-state index contributed by atoms with van der Waals surface area (Å²) in [5.74, 6) is 0.342. The fourth-order valence-electron chi connectivity index (χ4n) is 2.80. The quantitative estimate of drug-likeness (QED) is 0.476. The van der Waals surface area contributed by atoms with Gasteiger partial charge in [-0.3, -0.25) is 8.93 Å². The summed E-state index contributed by atoms with van der Waals surface area (Å²) in [6.07, 6.45) is 1.90. The van der Waals surface area contributed by atoms with Gasteiger partial charge in [0.2, 0.25) is 0 Å². The van der Waals surface area contributed by atoms with Crippen molar-refractivity contribution in [2.24, 2.45) is 0 Å². The Morgan fingerprint density at radius 2 is 2.08 bits per heavy atom. The molecule has 1 aliphatic heterocycles. The van der Waals surface area contributed by atoms with Crippen molar-refractivity contribution in [2.45, 2.75) is 17.9 Å². The van der Waals surface area contributed by atoms with Crippen LogP contribution in [0.15, 0.2) is 41.3 Å². The topological polar surface area (TPSA) is 119 Å². The summed E-state index contributed by atoms with van der Waals surface area (Å²) in [6, 6.07) is 9.44. The fourth-order valence-corrected chi connectivity index (χ4v) is 4.61. The van der Waals surface area contributed by atoms with Crippen molar-refractivity contribution in [3.63, 3.8) is 0 Å². The maximum absolute atomic E-state index is 12.8. The lowest BCUT2D eigenvalue weighted by Crippen LogP contribution is -2.28. The van der Waals surface area contributed by atoms with Crippen LogP contribution in [0.4, 0.5) is 11.4 Å². The summed E-state index contributed by atoms with van der Waals surface area (Å²) in [6.45, 7) is 0.291. The van der Waals surface area contributed by atoms with Crippen LogP contribution in [-0.4, -0.2) is 36.8 Å². The third-order valence-corrected chi connectivity index (χ3v) is 6.35. The molecule has 10 heteroatoms. The van der Waals surface area contributed by atoms with Crippen LogP contribution in [0.5, 0.6) is 0 Å². The molecule has 138 valence electrons. The zero-order valence-corrected chi connectivity index (χ0v) is 15.8. The van der Waals surface area contributed by atoms with E-state index in [0.717, 1.165) is 5.56 Å². The minimum atomic E-state index is -3.87. The Morgan fingerprint density at radius 3 is 2.81 bits per heavy atom. The molecule has 0 amide bonds. The highest BCUT2D eigenvalue weighted by atomic mass is 32.2. The molecule has 0 radical (unpaired) electrons. The summed E-state index contributed by atoms with van der Waals surface area (Å²) in [4.78, 5) is 0.0921. The molecule has 26 heavy (non-hydrogen) atoms. The van der Waals surface area contributed by atoms with Crippen LogP contribution in [0.25, 0.3) is 0 Å². The lowest BCUT2D eigenvalue weighted by molar-refractivity contribution is 0.275. The molecule has 7 nitrogen and oxygen atoms in total. The van der Waals surface area contributed by atoms with Gasteiger partial charge in [-0.1, -0.05) is 6.07 Å². The average Bonchev–Trinajstić information content (AvgIpc) is 2.93. The number of nitrogens with two attached hydrogens (primary N) is 1. The van der Waals surface area contributed by atoms with Crippen LogP contribution < -0.4 is 15.9 Å². The molecule has 0 saturated carbocycles. The molecule has 3 rings (SSSR count). The molecule has 1 unspecified atom stereocenters. The highest BCUT2D eigenvalue weighted by Crippen LogP contribution is 2.23. The maximum atomic E-state index is 12.8. The summed E-state index contributed by atoms with van der Waals surface area (Å²) in [7, 11) is -5.97. The van der Waals surface area contributed by atoms with E-state index in [0.29, 0.717) is 41.2 Å². The highest BCUT2D eigenvalue weighted by Gasteiger charge is 2.28. The molecule has 1 atom stereocenters. The molecule has 0 spiro atoms. The van der Waals surface area contributed by atoms with E-state index in [1.807, 2.05) is 0 Å². The third kappa shape index (κ3) is 4.09. The van der Waals surface area contributed by atoms with Crippen LogP contribution in [0.1, 0.15) is 11.1 Å².